The van der Waals surface area contributed by atoms with Gasteiger partial charge in [0.2, 0.25) is 0 Å². The molecule has 0 radical (unpaired) electrons. The molecule has 1 aromatic heterocycles. The first-order valence-electron chi connectivity index (χ1n) is 6.78. The molecule has 1 fully saturated rings. The molecule has 0 aliphatic carbocycles. The van der Waals surface area contributed by atoms with E-state index in [0.29, 0.717) is 5.56 Å². The number of aromatic nitrogens is 1. The van der Waals surface area contributed by atoms with Crippen LogP contribution in [-0.4, -0.2) is 54.2 Å². The zero-order valence-corrected chi connectivity index (χ0v) is 11.6. The Morgan fingerprint density at radius 3 is 2.58 bits per heavy atom. The van der Waals surface area contributed by atoms with Gasteiger partial charge < -0.3 is 14.9 Å². The maximum Gasteiger partial charge on any atom is 0.335 e. The minimum Gasteiger partial charge on any atom is -0.478 e. The third-order valence-corrected chi connectivity index (χ3v) is 3.45. The highest BCUT2D eigenvalue weighted by atomic mass is 16.4. The summed E-state index contributed by atoms with van der Waals surface area (Å²) in [5.74, 6) is -0.0772. The van der Waals surface area contributed by atoms with E-state index in [1.807, 2.05) is 0 Å². The number of carboxylic acid groups (broad SMARTS) is 1. The molecule has 0 saturated carbocycles. The highest BCUT2D eigenvalue weighted by Crippen LogP contribution is 2.18. The molecule has 1 saturated heterocycles. The Morgan fingerprint density at radius 1 is 1.32 bits per heavy atom. The molecule has 104 valence electrons. The number of carbonyl (C=O) groups is 1. The van der Waals surface area contributed by atoms with E-state index in [4.69, 9.17) is 0 Å². The van der Waals surface area contributed by atoms with Gasteiger partial charge in [0.1, 0.15) is 5.82 Å². The van der Waals surface area contributed by atoms with E-state index in [0.717, 1.165) is 50.5 Å². The molecular weight excluding hydrogens is 242 g/mol. The van der Waals surface area contributed by atoms with Crippen molar-refractivity contribution in [3.8, 4) is 0 Å². The Hall–Kier alpha value is -1.62. The van der Waals surface area contributed by atoms with Gasteiger partial charge in [-0.2, -0.15) is 0 Å². The Labute approximate surface area is 113 Å². The summed E-state index contributed by atoms with van der Waals surface area (Å²) in [5.41, 5.74) is 1.21. The largest absolute Gasteiger partial charge is 0.478 e. The van der Waals surface area contributed by atoms with Crippen LogP contribution in [0.2, 0.25) is 0 Å². The van der Waals surface area contributed by atoms with E-state index in [2.05, 4.69) is 28.8 Å². The summed E-state index contributed by atoms with van der Waals surface area (Å²) >= 11 is 0. The molecule has 2 rings (SSSR count). The summed E-state index contributed by atoms with van der Waals surface area (Å²) in [6.45, 7) is 5.85. The lowest BCUT2D eigenvalue weighted by atomic mass is 10.1. The lowest BCUT2D eigenvalue weighted by Gasteiger charge is -2.33. The fourth-order valence-corrected chi connectivity index (χ4v) is 2.28. The third kappa shape index (κ3) is 3.44. The maximum absolute atomic E-state index is 11.2. The fourth-order valence-electron chi connectivity index (χ4n) is 2.28. The number of piperazine rings is 1. The Bertz CT molecular complexity index is 454. The zero-order valence-electron chi connectivity index (χ0n) is 11.6. The summed E-state index contributed by atoms with van der Waals surface area (Å²) in [5, 5.41) is 9.19. The molecule has 1 N–H and O–H groups in total. The van der Waals surface area contributed by atoms with Crippen LogP contribution >= 0.6 is 0 Å². The molecule has 19 heavy (non-hydrogen) atoms. The van der Waals surface area contributed by atoms with Gasteiger partial charge in [-0.05, 0) is 25.6 Å². The molecule has 2 heterocycles. The molecule has 5 nitrogen and oxygen atoms in total. The zero-order chi connectivity index (χ0) is 13.8. The quantitative estimate of drug-likeness (QED) is 0.892. The van der Waals surface area contributed by atoms with Crippen LogP contribution in [-0.2, 0) is 6.42 Å². The van der Waals surface area contributed by atoms with Gasteiger partial charge in [0.15, 0.2) is 0 Å². The SMILES string of the molecule is CCCc1cc(C(=O)O)cc(N2CCN(C)CC2)n1. The predicted octanol–water partition coefficient (Wildman–Crippen LogP) is 1.48. The Kier molecular flexibility index (Phi) is 4.37. The average Bonchev–Trinajstić information content (AvgIpc) is 2.39. The van der Waals surface area contributed by atoms with Crippen molar-refractivity contribution >= 4 is 11.8 Å². The molecular formula is C14H21N3O2. The summed E-state index contributed by atoms with van der Waals surface area (Å²) in [4.78, 5) is 20.2. The number of carboxylic acids is 1. The van der Waals surface area contributed by atoms with E-state index < -0.39 is 5.97 Å². The van der Waals surface area contributed by atoms with Crippen molar-refractivity contribution in [3.63, 3.8) is 0 Å². The van der Waals surface area contributed by atoms with Crippen LogP contribution in [0.4, 0.5) is 5.82 Å². The summed E-state index contributed by atoms with van der Waals surface area (Å²) in [7, 11) is 2.10. The normalized spacial score (nSPS) is 16.6. The first kappa shape index (κ1) is 13.8. The van der Waals surface area contributed by atoms with Gasteiger partial charge in [-0.15, -0.1) is 0 Å². The minimum absolute atomic E-state index is 0.340. The number of nitrogens with zero attached hydrogens (tertiary/aromatic N) is 3. The van der Waals surface area contributed by atoms with Crippen molar-refractivity contribution < 1.29 is 9.90 Å². The van der Waals surface area contributed by atoms with Gasteiger partial charge in [-0.3, -0.25) is 0 Å². The number of hydrogen-bond donors (Lipinski definition) is 1. The van der Waals surface area contributed by atoms with Crippen LogP contribution in [0.25, 0.3) is 0 Å². The molecule has 0 bridgehead atoms. The minimum atomic E-state index is -0.880. The van der Waals surface area contributed by atoms with Crippen LogP contribution in [0, 0.1) is 0 Å². The summed E-state index contributed by atoms with van der Waals surface area (Å²) in [6, 6.07) is 3.37. The second kappa shape index (κ2) is 6.02. The van der Waals surface area contributed by atoms with E-state index in [1.54, 1.807) is 12.1 Å². The van der Waals surface area contributed by atoms with Gasteiger partial charge >= 0.3 is 5.97 Å². The van der Waals surface area contributed by atoms with E-state index in [1.165, 1.54) is 0 Å². The number of aromatic carboxylic acids is 1. The first-order chi connectivity index (χ1) is 9.10. The summed E-state index contributed by atoms with van der Waals surface area (Å²) < 4.78 is 0. The Balaban J connectivity index is 2.25. The van der Waals surface area contributed by atoms with E-state index in [-0.39, 0.29) is 0 Å². The topological polar surface area (TPSA) is 56.7 Å². The number of rotatable bonds is 4. The van der Waals surface area contributed by atoms with Crippen molar-refractivity contribution in [2.75, 3.05) is 38.1 Å². The van der Waals surface area contributed by atoms with Gasteiger partial charge in [0, 0.05) is 31.9 Å². The van der Waals surface area contributed by atoms with Crippen LogP contribution in [0.5, 0.6) is 0 Å². The number of anilines is 1. The number of hydrogen-bond acceptors (Lipinski definition) is 4. The van der Waals surface area contributed by atoms with Gasteiger partial charge in [-0.1, -0.05) is 13.3 Å². The maximum atomic E-state index is 11.2. The van der Waals surface area contributed by atoms with Gasteiger partial charge in [-0.25, -0.2) is 9.78 Å². The van der Waals surface area contributed by atoms with Gasteiger partial charge in [0.25, 0.3) is 0 Å². The monoisotopic (exact) mass is 263 g/mol. The number of pyridine rings is 1. The molecule has 1 aromatic rings. The molecule has 5 heteroatoms. The fraction of sp³-hybridized carbons (Fsp3) is 0.571. The smallest absolute Gasteiger partial charge is 0.335 e. The average molecular weight is 263 g/mol. The van der Waals surface area contributed by atoms with Crippen LogP contribution in [0.3, 0.4) is 0 Å². The highest BCUT2D eigenvalue weighted by Gasteiger charge is 2.17. The number of likely N-dealkylation sites (N-methyl/N-ethyl adjacent to an activating group) is 1. The molecule has 1 aliphatic heterocycles. The van der Waals surface area contributed by atoms with Crippen molar-refractivity contribution in [1.29, 1.82) is 0 Å². The predicted molar refractivity (Wildman–Crippen MR) is 74.9 cm³/mol. The molecule has 1 aliphatic rings. The lowest BCUT2D eigenvalue weighted by Crippen LogP contribution is -2.44. The molecule has 0 unspecified atom stereocenters. The summed E-state index contributed by atoms with van der Waals surface area (Å²) in [6.07, 6.45) is 1.79. The second-order valence-corrected chi connectivity index (χ2v) is 5.05. The van der Waals surface area contributed by atoms with Crippen LogP contribution < -0.4 is 4.90 Å². The lowest BCUT2D eigenvalue weighted by molar-refractivity contribution is 0.0696. The Morgan fingerprint density at radius 2 is 2.00 bits per heavy atom. The van der Waals surface area contributed by atoms with E-state index >= 15 is 0 Å². The van der Waals surface area contributed by atoms with Crippen molar-refractivity contribution in [2.45, 2.75) is 19.8 Å². The first-order valence-corrected chi connectivity index (χ1v) is 6.78. The molecule has 0 spiro atoms. The standard InChI is InChI=1S/C14H21N3O2/c1-3-4-12-9-11(14(18)19)10-13(15-12)17-7-5-16(2)6-8-17/h9-10H,3-8H2,1-2H3,(H,18,19). The van der Waals surface area contributed by atoms with Crippen molar-refractivity contribution in [1.82, 2.24) is 9.88 Å². The molecule has 0 aromatic carbocycles. The third-order valence-electron chi connectivity index (χ3n) is 3.45. The van der Waals surface area contributed by atoms with Crippen molar-refractivity contribution in [2.24, 2.45) is 0 Å². The number of aryl methyl sites for hydroxylation is 1. The molecule has 0 amide bonds. The molecule has 0 atom stereocenters. The second-order valence-electron chi connectivity index (χ2n) is 5.05. The van der Waals surface area contributed by atoms with Crippen LogP contribution in [0.1, 0.15) is 29.4 Å². The van der Waals surface area contributed by atoms with E-state index in [9.17, 15) is 9.90 Å². The van der Waals surface area contributed by atoms with Crippen LogP contribution in [0.15, 0.2) is 12.1 Å². The van der Waals surface area contributed by atoms with Gasteiger partial charge in [0.05, 0.1) is 5.56 Å². The highest BCUT2D eigenvalue weighted by molar-refractivity contribution is 5.88. The van der Waals surface area contributed by atoms with Crippen molar-refractivity contribution in [3.05, 3.63) is 23.4 Å².